The van der Waals surface area contributed by atoms with Crippen LogP contribution in [0.25, 0.3) is 0 Å². The molecule has 1 aromatic carbocycles. The van der Waals surface area contributed by atoms with Crippen LogP contribution in [0, 0.1) is 12.8 Å². The van der Waals surface area contributed by atoms with Crippen LogP contribution in [-0.4, -0.2) is 74.7 Å². The Hall–Kier alpha value is -1.44. The summed E-state index contributed by atoms with van der Waals surface area (Å²) >= 11 is 0. The lowest BCUT2D eigenvalue weighted by Gasteiger charge is -2.32. The molecule has 0 bridgehead atoms. The Labute approximate surface area is 156 Å². The molecule has 0 aliphatic carbocycles. The summed E-state index contributed by atoms with van der Waals surface area (Å²) in [6.45, 7) is 7.86. The van der Waals surface area contributed by atoms with Gasteiger partial charge >= 0.3 is 0 Å². The fourth-order valence-corrected chi connectivity index (χ4v) is 5.41. The highest BCUT2D eigenvalue weighted by molar-refractivity contribution is 7.89. The molecule has 2 heterocycles. The molecule has 2 aliphatic heterocycles. The lowest BCUT2D eigenvalue weighted by molar-refractivity contribution is 0.0683. The van der Waals surface area contributed by atoms with Crippen molar-refractivity contribution in [3.63, 3.8) is 0 Å². The van der Waals surface area contributed by atoms with Gasteiger partial charge in [-0.2, -0.15) is 4.31 Å². The number of carbonyl (C=O) groups is 1. The summed E-state index contributed by atoms with van der Waals surface area (Å²) in [5, 5.41) is 0. The fraction of sp³-hybridized carbons (Fsp3) is 0.632. The van der Waals surface area contributed by atoms with Gasteiger partial charge in [0.1, 0.15) is 0 Å². The van der Waals surface area contributed by atoms with Crippen molar-refractivity contribution in [2.24, 2.45) is 5.92 Å². The topological polar surface area (TPSA) is 60.9 Å². The standard InChI is InChI=1S/C19H29N3O3S/c1-15-5-4-8-21(14-15)19(23)17-7-6-16(2)18(13-17)26(24,25)22-11-9-20(3)10-12-22/h6-7,13,15H,4-5,8-12,14H2,1-3H3. The van der Waals surface area contributed by atoms with E-state index in [1.165, 1.54) is 4.31 Å². The van der Waals surface area contributed by atoms with Crippen molar-refractivity contribution in [2.75, 3.05) is 46.3 Å². The third kappa shape index (κ3) is 3.94. The number of aryl methyl sites for hydroxylation is 1. The molecule has 0 spiro atoms. The molecule has 0 saturated carbocycles. The van der Waals surface area contributed by atoms with Crippen LogP contribution in [0.4, 0.5) is 0 Å². The summed E-state index contributed by atoms with van der Waals surface area (Å²) in [5.74, 6) is 0.429. The predicted molar refractivity (Wildman–Crippen MR) is 102 cm³/mol. The van der Waals surface area contributed by atoms with E-state index in [1.807, 2.05) is 11.9 Å². The fourth-order valence-electron chi connectivity index (χ4n) is 3.74. The molecule has 3 rings (SSSR count). The lowest BCUT2D eigenvalue weighted by atomic mass is 9.99. The molecule has 2 saturated heterocycles. The van der Waals surface area contributed by atoms with Gasteiger partial charge in [-0.1, -0.05) is 13.0 Å². The quantitative estimate of drug-likeness (QED) is 0.804. The van der Waals surface area contributed by atoms with Crippen molar-refractivity contribution in [1.82, 2.24) is 14.1 Å². The highest BCUT2D eigenvalue weighted by atomic mass is 32.2. The van der Waals surface area contributed by atoms with Gasteiger partial charge in [0.05, 0.1) is 4.90 Å². The van der Waals surface area contributed by atoms with Crippen LogP contribution < -0.4 is 0 Å². The molecule has 0 aromatic heterocycles. The smallest absolute Gasteiger partial charge is 0.253 e. The number of sulfonamides is 1. The van der Waals surface area contributed by atoms with E-state index in [-0.39, 0.29) is 10.8 Å². The van der Waals surface area contributed by atoms with Crippen LogP contribution in [0.2, 0.25) is 0 Å². The van der Waals surface area contributed by atoms with Crippen molar-refractivity contribution < 1.29 is 13.2 Å². The molecule has 6 nitrogen and oxygen atoms in total. The average Bonchev–Trinajstić information content (AvgIpc) is 2.62. The Bertz CT molecular complexity index is 770. The lowest BCUT2D eigenvalue weighted by Crippen LogP contribution is -2.47. The Morgan fingerprint density at radius 2 is 1.81 bits per heavy atom. The maximum atomic E-state index is 13.1. The highest BCUT2D eigenvalue weighted by Gasteiger charge is 2.30. The van der Waals surface area contributed by atoms with E-state index in [0.717, 1.165) is 39.0 Å². The van der Waals surface area contributed by atoms with E-state index in [9.17, 15) is 13.2 Å². The van der Waals surface area contributed by atoms with Crippen molar-refractivity contribution in [2.45, 2.75) is 31.6 Å². The summed E-state index contributed by atoms with van der Waals surface area (Å²) < 4.78 is 27.7. The van der Waals surface area contributed by atoms with Crippen molar-refractivity contribution >= 4 is 15.9 Å². The molecule has 2 fully saturated rings. The summed E-state index contributed by atoms with van der Waals surface area (Å²) in [6, 6.07) is 5.08. The van der Waals surface area contributed by atoms with Crippen LogP contribution in [0.3, 0.4) is 0 Å². The number of nitrogens with zero attached hydrogens (tertiary/aromatic N) is 3. The Kier molecular flexibility index (Phi) is 5.69. The molecule has 7 heteroatoms. The molecule has 1 aromatic rings. The number of benzene rings is 1. The first kappa shape index (κ1) is 19.3. The monoisotopic (exact) mass is 379 g/mol. The SMILES string of the molecule is Cc1ccc(C(=O)N2CCCC(C)C2)cc1S(=O)(=O)N1CCN(C)CC1. The second kappa shape index (κ2) is 7.66. The summed E-state index contributed by atoms with van der Waals surface area (Å²) in [4.78, 5) is 17.1. The van der Waals surface area contributed by atoms with Crippen molar-refractivity contribution in [1.29, 1.82) is 0 Å². The molecule has 1 unspecified atom stereocenters. The van der Waals surface area contributed by atoms with Gasteiger partial charge in [-0.05, 0) is 50.4 Å². The Balaban J connectivity index is 1.86. The summed E-state index contributed by atoms with van der Waals surface area (Å²) in [7, 11) is -1.58. The van der Waals surface area contributed by atoms with Gasteiger partial charge in [-0.15, -0.1) is 0 Å². The largest absolute Gasteiger partial charge is 0.338 e. The van der Waals surface area contributed by atoms with E-state index in [1.54, 1.807) is 25.1 Å². The summed E-state index contributed by atoms with van der Waals surface area (Å²) in [6.07, 6.45) is 2.14. The zero-order valence-electron chi connectivity index (χ0n) is 15.9. The second-order valence-electron chi connectivity index (χ2n) is 7.69. The third-order valence-corrected chi connectivity index (χ3v) is 7.50. The first-order chi connectivity index (χ1) is 12.3. The van der Waals surface area contributed by atoms with Crippen LogP contribution in [-0.2, 0) is 10.0 Å². The zero-order chi connectivity index (χ0) is 18.9. The number of carbonyl (C=O) groups excluding carboxylic acids is 1. The number of likely N-dealkylation sites (N-methyl/N-ethyl adjacent to an activating group) is 1. The number of piperidine rings is 1. The minimum atomic E-state index is -3.58. The van der Waals surface area contributed by atoms with Crippen molar-refractivity contribution in [3.8, 4) is 0 Å². The minimum Gasteiger partial charge on any atom is -0.338 e. The van der Waals surface area contributed by atoms with Crippen LogP contribution in [0.15, 0.2) is 23.1 Å². The Morgan fingerprint density at radius 3 is 2.46 bits per heavy atom. The minimum absolute atomic E-state index is 0.0635. The number of amides is 1. The molecule has 1 atom stereocenters. The molecule has 144 valence electrons. The van der Waals surface area contributed by atoms with E-state index >= 15 is 0 Å². The maximum Gasteiger partial charge on any atom is 0.253 e. The number of hydrogen-bond donors (Lipinski definition) is 0. The molecule has 2 aliphatic rings. The van der Waals surface area contributed by atoms with Gasteiger partial charge in [0, 0.05) is 44.8 Å². The van der Waals surface area contributed by atoms with Gasteiger partial charge in [0.25, 0.3) is 5.91 Å². The first-order valence-electron chi connectivity index (χ1n) is 9.37. The van der Waals surface area contributed by atoms with Gasteiger partial charge in [-0.3, -0.25) is 4.79 Å². The second-order valence-corrected chi connectivity index (χ2v) is 9.59. The van der Waals surface area contributed by atoms with E-state index in [0.29, 0.717) is 30.1 Å². The predicted octanol–water partition coefficient (Wildman–Crippen LogP) is 1.80. The van der Waals surface area contributed by atoms with E-state index in [4.69, 9.17) is 0 Å². The molecular weight excluding hydrogens is 350 g/mol. The number of hydrogen-bond acceptors (Lipinski definition) is 4. The van der Waals surface area contributed by atoms with Gasteiger partial charge in [0.15, 0.2) is 0 Å². The molecule has 0 radical (unpaired) electrons. The normalized spacial score (nSPS) is 23.2. The van der Waals surface area contributed by atoms with Crippen LogP contribution in [0.1, 0.15) is 35.7 Å². The van der Waals surface area contributed by atoms with E-state index in [2.05, 4.69) is 11.8 Å². The van der Waals surface area contributed by atoms with Crippen LogP contribution >= 0.6 is 0 Å². The van der Waals surface area contributed by atoms with Crippen molar-refractivity contribution in [3.05, 3.63) is 29.3 Å². The van der Waals surface area contributed by atoms with Gasteiger partial charge < -0.3 is 9.80 Å². The average molecular weight is 380 g/mol. The number of rotatable bonds is 3. The van der Waals surface area contributed by atoms with E-state index < -0.39 is 10.0 Å². The molecule has 1 amide bonds. The van der Waals surface area contributed by atoms with Gasteiger partial charge in [0.2, 0.25) is 10.0 Å². The van der Waals surface area contributed by atoms with Crippen LogP contribution in [0.5, 0.6) is 0 Å². The zero-order valence-corrected chi connectivity index (χ0v) is 16.8. The molecule has 26 heavy (non-hydrogen) atoms. The molecular formula is C19H29N3O3S. The first-order valence-corrected chi connectivity index (χ1v) is 10.8. The van der Waals surface area contributed by atoms with Gasteiger partial charge in [-0.25, -0.2) is 8.42 Å². The Morgan fingerprint density at radius 1 is 1.12 bits per heavy atom. The number of piperazine rings is 1. The maximum absolute atomic E-state index is 13.1. The highest BCUT2D eigenvalue weighted by Crippen LogP contribution is 2.24. The summed E-state index contributed by atoms with van der Waals surface area (Å²) in [5.41, 5.74) is 1.16. The molecule has 0 N–H and O–H groups in total. The third-order valence-electron chi connectivity index (χ3n) is 5.46. The number of likely N-dealkylation sites (tertiary alicyclic amines) is 1.